The van der Waals surface area contributed by atoms with Crippen LogP contribution in [0, 0.1) is 0 Å². The van der Waals surface area contributed by atoms with E-state index in [0.29, 0.717) is 25.9 Å². The topological polar surface area (TPSA) is 95.9 Å². The molecule has 6 heteroatoms. The lowest BCUT2D eigenvalue weighted by Gasteiger charge is -2.22. The largest absolute Gasteiger partial charge is 0.466 e. The Hall–Kier alpha value is -1.40. The molecule has 0 aliphatic heterocycles. The van der Waals surface area contributed by atoms with E-state index in [1.165, 1.54) is 257 Å². The average molecular weight is 919 g/mol. The van der Waals surface area contributed by atoms with Gasteiger partial charge in [0.05, 0.1) is 25.4 Å². The Bertz CT molecular complexity index is 970. The minimum absolute atomic E-state index is 0.0101. The number of carbonyl (C=O) groups is 2. The Morgan fingerprint density at radius 2 is 0.723 bits per heavy atom. The lowest BCUT2D eigenvalue weighted by molar-refractivity contribution is -0.143. The summed E-state index contributed by atoms with van der Waals surface area (Å²) < 4.78 is 5.46. The van der Waals surface area contributed by atoms with Gasteiger partial charge in [0.2, 0.25) is 5.91 Å². The van der Waals surface area contributed by atoms with Crippen molar-refractivity contribution in [3.05, 3.63) is 12.2 Å². The first-order chi connectivity index (χ1) is 32.0. The molecule has 2 unspecified atom stereocenters. The second-order valence-electron chi connectivity index (χ2n) is 20.3. The van der Waals surface area contributed by atoms with E-state index in [2.05, 4.69) is 31.3 Å². The number of aliphatic hydroxyl groups is 2. The van der Waals surface area contributed by atoms with Crippen molar-refractivity contribution in [1.29, 1.82) is 0 Å². The third-order valence-corrected chi connectivity index (χ3v) is 13.8. The van der Waals surface area contributed by atoms with Crippen LogP contribution in [0.4, 0.5) is 0 Å². The minimum atomic E-state index is -0.667. The number of hydrogen-bond donors (Lipinski definition) is 3. The molecule has 0 spiro atoms. The Morgan fingerprint density at radius 1 is 0.415 bits per heavy atom. The van der Waals surface area contributed by atoms with Crippen LogP contribution in [0.5, 0.6) is 0 Å². The number of amides is 1. The monoisotopic (exact) mass is 918 g/mol. The van der Waals surface area contributed by atoms with E-state index in [4.69, 9.17) is 4.74 Å². The highest BCUT2D eigenvalue weighted by molar-refractivity contribution is 5.76. The van der Waals surface area contributed by atoms with Gasteiger partial charge in [0.25, 0.3) is 0 Å². The van der Waals surface area contributed by atoms with Crippen molar-refractivity contribution in [2.45, 2.75) is 341 Å². The molecule has 0 rings (SSSR count). The van der Waals surface area contributed by atoms with Crippen molar-refractivity contribution >= 4 is 11.9 Å². The zero-order chi connectivity index (χ0) is 47.2. The maximum atomic E-state index is 12.5. The number of unbranched alkanes of at least 4 members (excludes halogenated alkanes) is 42. The molecule has 386 valence electrons. The van der Waals surface area contributed by atoms with E-state index in [9.17, 15) is 19.8 Å². The lowest BCUT2D eigenvalue weighted by Crippen LogP contribution is -2.45. The first-order valence-electron chi connectivity index (χ1n) is 29.4. The first kappa shape index (κ1) is 63.6. The average Bonchev–Trinajstić information content (AvgIpc) is 3.31. The van der Waals surface area contributed by atoms with Crippen LogP contribution in [0.25, 0.3) is 0 Å². The van der Waals surface area contributed by atoms with E-state index in [1.807, 2.05) is 0 Å². The van der Waals surface area contributed by atoms with Crippen LogP contribution in [0.1, 0.15) is 328 Å². The van der Waals surface area contributed by atoms with E-state index >= 15 is 0 Å². The van der Waals surface area contributed by atoms with Crippen molar-refractivity contribution < 1.29 is 24.5 Å². The fourth-order valence-corrected chi connectivity index (χ4v) is 9.28. The van der Waals surface area contributed by atoms with Crippen molar-refractivity contribution in [3.8, 4) is 0 Å². The summed E-state index contributed by atoms with van der Waals surface area (Å²) in [5.74, 6) is -0.0298. The number of aliphatic hydroxyl groups excluding tert-OH is 2. The molecule has 0 bridgehead atoms. The van der Waals surface area contributed by atoms with Crippen LogP contribution in [0.3, 0.4) is 0 Å². The van der Waals surface area contributed by atoms with Crippen LogP contribution < -0.4 is 5.32 Å². The number of esters is 1. The number of nitrogens with one attached hydrogen (secondary N) is 1. The van der Waals surface area contributed by atoms with Gasteiger partial charge in [-0.15, -0.1) is 0 Å². The SMILES string of the molecule is CCCCCCCCCCCCCCCCCC(O)C(CO)NC(=O)CCCCCCCCC/C=C\CCCCCCCCCCCCCOC(=O)CCCCCCCCCCCCC. The number of carbonyl (C=O) groups excluding carboxylic acids is 2. The molecule has 0 saturated heterocycles. The number of ether oxygens (including phenoxy) is 1. The molecule has 3 N–H and O–H groups in total. The summed E-state index contributed by atoms with van der Waals surface area (Å²) in [5, 5.41) is 23.3. The van der Waals surface area contributed by atoms with Gasteiger partial charge in [-0.1, -0.05) is 276 Å². The van der Waals surface area contributed by atoms with Gasteiger partial charge in [0, 0.05) is 12.8 Å². The molecule has 0 aliphatic rings. The smallest absolute Gasteiger partial charge is 0.305 e. The summed E-state index contributed by atoms with van der Waals surface area (Å²) in [6.45, 7) is 4.96. The maximum Gasteiger partial charge on any atom is 0.305 e. The molecule has 0 aliphatic carbocycles. The van der Waals surface area contributed by atoms with Gasteiger partial charge >= 0.3 is 5.97 Å². The van der Waals surface area contributed by atoms with Gasteiger partial charge in [-0.2, -0.15) is 0 Å². The third-order valence-electron chi connectivity index (χ3n) is 13.8. The molecule has 0 heterocycles. The Balaban J connectivity index is 3.41. The van der Waals surface area contributed by atoms with Crippen LogP contribution in [0.2, 0.25) is 0 Å². The Kier molecular flexibility index (Phi) is 54.0. The van der Waals surface area contributed by atoms with Gasteiger partial charge in [-0.05, 0) is 51.4 Å². The molecule has 0 saturated carbocycles. The van der Waals surface area contributed by atoms with E-state index in [0.717, 1.165) is 38.5 Å². The second-order valence-corrected chi connectivity index (χ2v) is 20.3. The quantitative estimate of drug-likeness (QED) is 0.0321. The zero-order valence-corrected chi connectivity index (χ0v) is 44.0. The van der Waals surface area contributed by atoms with Crippen molar-refractivity contribution in [2.24, 2.45) is 0 Å². The van der Waals surface area contributed by atoms with Crippen LogP contribution in [0.15, 0.2) is 12.2 Å². The summed E-state index contributed by atoms with van der Waals surface area (Å²) in [6.07, 6.45) is 64.9. The molecular weight excluding hydrogens is 803 g/mol. The van der Waals surface area contributed by atoms with Crippen LogP contribution >= 0.6 is 0 Å². The highest BCUT2D eigenvalue weighted by Gasteiger charge is 2.20. The molecule has 0 aromatic heterocycles. The zero-order valence-electron chi connectivity index (χ0n) is 44.0. The van der Waals surface area contributed by atoms with Crippen LogP contribution in [-0.4, -0.2) is 47.4 Å². The normalized spacial score (nSPS) is 12.6. The van der Waals surface area contributed by atoms with E-state index in [1.54, 1.807) is 0 Å². The predicted molar refractivity (Wildman–Crippen MR) is 283 cm³/mol. The minimum Gasteiger partial charge on any atom is -0.466 e. The number of allylic oxidation sites excluding steroid dienone is 2. The van der Waals surface area contributed by atoms with Crippen molar-refractivity contribution in [1.82, 2.24) is 5.32 Å². The van der Waals surface area contributed by atoms with Gasteiger partial charge in [-0.25, -0.2) is 0 Å². The summed E-state index contributed by atoms with van der Waals surface area (Å²) in [6, 6.07) is -0.545. The Morgan fingerprint density at radius 3 is 1.09 bits per heavy atom. The molecular formula is C59H115NO5. The molecule has 0 aromatic carbocycles. The molecule has 0 radical (unpaired) electrons. The second kappa shape index (κ2) is 55.2. The van der Waals surface area contributed by atoms with Gasteiger partial charge in [-0.3, -0.25) is 9.59 Å². The molecule has 6 nitrogen and oxygen atoms in total. The summed E-state index contributed by atoms with van der Waals surface area (Å²) in [5.41, 5.74) is 0. The van der Waals surface area contributed by atoms with E-state index in [-0.39, 0.29) is 18.5 Å². The molecule has 1 amide bonds. The summed E-state index contributed by atoms with van der Waals surface area (Å²) in [4.78, 5) is 24.5. The van der Waals surface area contributed by atoms with Gasteiger partial charge < -0.3 is 20.3 Å². The standard InChI is InChI=1S/C59H115NO5/c1-3-5-7-9-11-13-15-16-25-28-32-35-39-43-47-51-57(62)56(55-61)60-58(63)52-48-44-40-36-33-29-26-23-21-19-17-18-20-22-24-27-30-34-38-42-46-50-54-65-59(64)53-49-45-41-37-31-14-12-10-8-6-4-2/h19,21,56-57,61-62H,3-18,20,22-55H2,1-2H3,(H,60,63)/b21-19-. The van der Waals surface area contributed by atoms with E-state index < -0.39 is 12.1 Å². The molecule has 2 atom stereocenters. The predicted octanol–water partition coefficient (Wildman–Crippen LogP) is 18.1. The highest BCUT2D eigenvalue weighted by atomic mass is 16.5. The number of rotatable bonds is 55. The summed E-state index contributed by atoms with van der Waals surface area (Å²) >= 11 is 0. The lowest BCUT2D eigenvalue weighted by atomic mass is 10.0. The maximum absolute atomic E-state index is 12.5. The van der Waals surface area contributed by atoms with Crippen LogP contribution in [-0.2, 0) is 14.3 Å². The highest BCUT2D eigenvalue weighted by Crippen LogP contribution is 2.17. The van der Waals surface area contributed by atoms with Crippen molar-refractivity contribution in [2.75, 3.05) is 13.2 Å². The van der Waals surface area contributed by atoms with Gasteiger partial charge in [0.1, 0.15) is 0 Å². The summed E-state index contributed by atoms with van der Waals surface area (Å²) in [7, 11) is 0. The third kappa shape index (κ3) is 51.8. The fourth-order valence-electron chi connectivity index (χ4n) is 9.28. The first-order valence-corrected chi connectivity index (χ1v) is 29.4. The van der Waals surface area contributed by atoms with Gasteiger partial charge in [0.15, 0.2) is 0 Å². The van der Waals surface area contributed by atoms with Crippen molar-refractivity contribution in [3.63, 3.8) is 0 Å². The molecule has 0 aromatic rings. The Labute approximate surface area is 406 Å². The fraction of sp³-hybridized carbons (Fsp3) is 0.932. The number of hydrogen-bond acceptors (Lipinski definition) is 5. The molecule has 0 fully saturated rings. The molecule has 65 heavy (non-hydrogen) atoms.